The van der Waals surface area contributed by atoms with Crippen LogP contribution in [0.3, 0.4) is 0 Å². The van der Waals surface area contributed by atoms with Crippen molar-refractivity contribution >= 4 is 17.7 Å². The SMILES string of the molecule is O=C(O)CCCCCSC1COC1. The van der Waals surface area contributed by atoms with Crippen LogP contribution in [0.15, 0.2) is 0 Å². The highest BCUT2D eigenvalue weighted by atomic mass is 32.2. The van der Waals surface area contributed by atoms with Gasteiger partial charge in [-0.3, -0.25) is 4.79 Å². The Kier molecular flexibility index (Phi) is 5.23. The molecule has 1 aliphatic heterocycles. The fourth-order valence-corrected chi connectivity index (χ4v) is 2.20. The molecule has 0 amide bonds. The molecule has 0 spiro atoms. The molecule has 1 fully saturated rings. The van der Waals surface area contributed by atoms with Gasteiger partial charge in [0, 0.05) is 6.42 Å². The maximum absolute atomic E-state index is 10.2. The second-order valence-electron chi connectivity index (χ2n) is 3.23. The number of aliphatic carboxylic acids is 1. The van der Waals surface area contributed by atoms with E-state index in [-0.39, 0.29) is 0 Å². The van der Waals surface area contributed by atoms with E-state index in [2.05, 4.69) is 0 Å². The minimum Gasteiger partial charge on any atom is -0.481 e. The molecule has 0 aromatic heterocycles. The van der Waals surface area contributed by atoms with Crippen molar-refractivity contribution in [3.8, 4) is 0 Å². The standard InChI is InChI=1S/C9H16O3S/c10-9(11)4-2-1-3-5-13-8-6-12-7-8/h8H,1-7H2,(H,10,11). The zero-order valence-corrected chi connectivity index (χ0v) is 8.52. The van der Waals surface area contributed by atoms with E-state index >= 15 is 0 Å². The highest BCUT2D eigenvalue weighted by molar-refractivity contribution is 8.00. The van der Waals surface area contributed by atoms with Crippen LogP contribution in [0.4, 0.5) is 0 Å². The van der Waals surface area contributed by atoms with Gasteiger partial charge < -0.3 is 9.84 Å². The zero-order valence-electron chi connectivity index (χ0n) is 7.70. The number of thioether (sulfide) groups is 1. The van der Waals surface area contributed by atoms with Gasteiger partial charge in [0.15, 0.2) is 0 Å². The molecule has 1 heterocycles. The van der Waals surface area contributed by atoms with Crippen LogP contribution >= 0.6 is 11.8 Å². The topological polar surface area (TPSA) is 46.5 Å². The molecular weight excluding hydrogens is 188 g/mol. The predicted octanol–water partition coefficient (Wildman–Crippen LogP) is 1.76. The first-order valence-electron chi connectivity index (χ1n) is 4.70. The summed E-state index contributed by atoms with van der Waals surface area (Å²) >= 11 is 1.95. The lowest BCUT2D eigenvalue weighted by molar-refractivity contribution is -0.137. The number of hydrogen-bond donors (Lipinski definition) is 1. The van der Waals surface area contributed by atoms with Crippen LogP contribution < -0.4 is 0 Å². The Bertz CT molecular complexity index is 157. The van der Waals surface area contributed by atoms with Gasteiger partial charge in [-0.05, 0) is 18.6 Å². The van der Waals surface area contributed by atoms with Crippen LogP contribution in [0.5, 0.6) is 0 Å². The first-order valence-corrected chi connectivity index (χ1v) is 5.75. The van der Waals surface area contributed by atoms with Gasteiger partial charge in [0.05, 0.1) is 18.5 Å². The Morgan fingerprint density at radius 3 is 2.69 bits per heavy atom. The molecule has 0 unspecified atom stereocenters. The molecule has 0 aromatic carbocycles. The maximum Gasteiger partial charge on any atom is 0.303 e. The number of hydrogen-bond acceptors (Lipinski definition) is 3. The fraction of sp³-hybridized carbons (Fsp3) is 0.889. The first-order chi connectivity index (χ1) is 6.29. The molecular formula is C9H16O3S. The summed E-state index contributed by atoms with van der Waals surface area (Å²) < 4.78 is 5.05. The quantitative estimate of drug-likeness (QED) is 0.642. The van der Waals surface area contributed by atoms with Crippen LogP contribution in [-0.4, -0.2) is 35.3 Å². The van der Waals surface area contributed by atoms with E-state index in [1.54, 1.807) is 0 Å². The molecule has 0 aromatic rings. The highest BCUT2D eigenvalue weighted by Crippen LogP contribution is 2.20. The molecule has 1 rings (SSSR count). The van der Waals surface area contributed by atoms with Gasteiger partial charge >= 0.3 is 5.97 Å². The second-order valence-corrected chi connectivity index (χ2v) is 4.64. The summed E-state index contributed by atoms with van der Waals surface area (Å²) in [7, 11) is 0. The van der Waals surface area contributed by atoms with Gasteiger partial charge in [-0.25, -0.2) is 0 Å². The lowest BCUT2D eigenvalue weighted by atomic mass is 10.2. The van der Waals surface area contributed by atoms with Crippen LogP contribution in [-0.2, 0) is 9.53 Å². The molecule has 0 atom stereocenters. The van der Waals surface area contributed by atoms with Crippen LogP contribution in [0.1, 0.15) is 25.7 Å². The average molecular weight is 204 g/mol. The van der Waals surface area contributed by atoms with Gasteiger partial charge in [-0.15, -0.1) is 0 Å². The summed E-state index contributed by atoms with van der Waals surface area (Å²) in [4.78, 5) is 10.2. The third-order valence-corrected chi connectivity index (χ3v) is 3.26. The summed E-state index contributed by atoms with van der Waals surface area (Å²) in [5.41, 5.74) is 0. The fourth-order valence-electron chi connectivity index (χ4n) is 1.12. The molecule has 13 heavy (non-hydrogen) atoms. The number of carbonyl (C=O) groups is 1. The number of carboxylic acid groups (broad SMARTS) is 1. The van der Waals surface area contributed by atoms with Crippen molar-refractivity contribution < 1.29 is 14.6 Å². The summed E-state index contributed by atoms with van der Waals surface area (Å²) in [6.45, 7) is 1.81. The van der Waals surface area contributed by atoms with E-state index in [4.69, 9.17) is 9.84 Å². The predicted molar refractivity (Wildman–Crippen MR) is 53.2 cm³/mol. The summed E-state index contributed by atoms with van der Waals surface area (Å²) in [5.74, 6) is 0.466. The molecule has 1 aliphatic rings. The number of carboxylic acids is 1. The van der Waals surface area contributed by atoms with Crippen molar-refractivity contribution in [3.63, 3.8) is 0 Å². The minimum absolute atomic E-state index is 0.317. The monoisotopic (exact) mass is 204 g/mol. The molecule has 0 radical (unpaired) electrons. The zero-order chi connectivity index (χ0) is 9.52. The molecule has 0 saturated carbocycles. The van der Waals surface area contributed by atoms with Crippen LogP contribution in [0, 0.1) is 0 Å². The van der Waals surface area contributed by atoms with Crippen molar-refractivity contribution in [1.29, 1.82) is 0 Å². The van der Waals surface area contributed by atoms with E-state index in [9.17, 15) is 4.79 Å². The molecule has 0 aliphatic carbocycles. The number of ether oxygens (including phenoxy) is 1. The van der Waals surface area contributed by atoms with E-state index < -0.39 is 5.97 Å². The molecule has 3 nitrogen and oxygen atoms in total. The van der Waals surface area contributed by atoms with Gasteiger partial charge in [0.1, 0.15) is 0 Å². The lowest BCUT2D eigenvalue weighted by Gasteiger charge is -2.25. The Morgan fingerprint density at radius 1 is 1.38 bits per heavy atom. The van der Waals surface area contributed by atoms with E-state index in [1.807, 2.05) is 11.8 Å². The maximum atomic E-state index is 10.2. The second kappa shape index (κ2) is 6.27. The van der Waals surface area contributed by atoms with Crippen LogP contribution in [0.2, 0.25) is 0 Å². The molecule has 76 valence electrons. The third kappa shape index (κ3) is 5.16. The summed E-state index contributed by atoms with van der Waals surface area (Å²) in [6, 6.07) is 0. The summed E-state index contributed by atoms with van der Waals surface area (Å²) in [5, 5.41) is 9.09. The number of rotatable bonds is 7. The van der Waals surface area contributed by atoms with Gasteiger partial charge in [0.25, 0.3) is 0 Å². The average Bonchev–Trinajstić information content (AvgIpc) is 1.99. The molecule has 1 saturated heterocycles. The minimum atomic E-state index is -0.681. The Balaban J connectivity index is 1.75. The lowest BCUT2D eigenvalue weighted by Crippen LogP contribution is -2.30. The Labute approximate surface area is 82.8 Å². The van der Waals surface area contributed by atoms with Gasteiger partial charge in [-0.2, -0.15) is 11.8 Å². The van der Waals surface area contributed by atoms with Crippen molar-refractivity contribution in [2.75, 3.05) is 19.0 Å². The third-order valence-electron chi connectivity index (χ3n) is 2.00. The molecule has 1 N–H and O–H groups in total. The van der Waals surface area contributed by atoms with Gasteiger partial charge in [-0.1, -0.05) is 6.42 Å². The first kappa shape index (κ1) is 10.9. The Hall–Kier alpha value is -0.220. The van der Waals surface area contributed by atoms with Crippen molar-refractivity contribution in [3.05, 3.63) is 0 Å². The summed E-state index contributed by atoms with van der Waals surface area (Å²) in [6.07, 6.45) is 3.30. The largest absolute Gasteiger partial charge is 0.481 e. The molecule has 4 heteroatoms. The van der Waals surface area contributed by atoms with Crippen molar-refractivity contribution in [1.82, 2.24) is 0 Å². The van der Waals surface area contributed by atoms with E-state index in [0.29, 0.717) is 11.7 Å². The van der Waals surface area contributed by atoms with Crippen molar-refractivity contribution in [2.45, 2.75) is 30.9 Å². The van der Waals surface area contributed by atoms with E-state index in [1.165, 1.54) is 0 Å². The normalized spacial score (nSPS) is 16.9. The van der Waals surface area contributed by atoms with E-state index in [0.717, 1.165) is 38.2 Å². The molecule has 0 bridgehead atoms. The smallest absolute Gasteiger partial charge is 0.303 e. The van der Waals surface area contributed by atoms with Crippen molar-refractivity contribution in [2.24, 2.45) is 0 Å². The Morgan fingerprint density at radius 2 is 2.15 bits per heavy atom. The number of unbranched alkanes of at least 4 members (excludes halogenated alkanes) is 2. The van der Waals surface area contributed by atoms with Gasteiger partial charge in [0.2, 0.25) is 0 Å². The highest BCUT2D eigenvalue weighted by Gasteiger charge is 2.17. The van der Waals surface area contributed by atoms with Crippen LogP contribution in [0.25, 0.3) is 0 Å².